The van der Waals surface area contributed by atoms with Crippen LogP contribution >= 0.6 is 15.9 Å². The normalized spacial score (nSPS) is 22.1. The van der Waals surface area contributed by atoms with Crippen LogP contribution in [0.3, 0.4) is 0 Å². The molecule has 6 heteroatoms. The summed E-state index contributed by atoms with van der Waals surface area (Å²) in [6.07, 6.45) is 0. The summed E-state index contributed by atoms with van der Waals surface area (Å²) in [6, 6.07) is -0.550. The van der Waals surface area contributed by atoms with Crippen LogP contribution in [0.1, 0.15) is 0 Å². The third-order valence-electron chi connectivity index (χ3n) is 2.47. The fourth-order valence-corrected chi connectivity index (χ4v) is 2.15. The lowest BCUT2D eigenvalue weighted by Gasteiger charge is -2.16. The average Bonchev–Trinajstić information content (AvgIpc) is 2.36. The van der Waals surface area contributed by atoms with Gasteiger partial charge in [0, 0.05) is 25.5 Å². The van der Waals surface area contributed by atoms with E-state index in [0.29, 0.717) is 18.4 Å². The van der Waals surface area contributed by atoms with Crippen molar-refractivity contribution in [3.63, 3.8) is 0 Å². The van der Waals surface area contributed by atoms with Crippen LogP contribution in [-0.2, 0) is 4.79 Å². The second-order valence-corrected chi connectivity index (χ2v) is 4.50. The molecule has 3 amide bonds. The highest BCUT2D eigenvalue weighted by Gasteiger charge is 2.41. The summed E-state index contributed by atoms with van der Waals surface area (Å²) in [5.74, 6) is -0.110. The molecule has 86 valence electrons. The van der Waals surface area contributed by atoms with Crippen molar-refractivity contribution in [1.82, 2.24) is 14.7 Å². The summed E-state index contributed by atoms with van der Waals surface area (Å²) in [5, 5.41) is 0.493. The van der Waals surface area contributed by atoms with Gasteiger partial charge in [-0.3, -0.25) is 9.69 Å². The van der Waals surface area contributed by atoms with E-state index >= 15 is 0 Å². The molecule has 0 aliphatic carbocycles. The van der Waals surface area contributed by atoms with Gasteiger partial charge in [0.1, 0.15) is 6.04 Å². The van der Waals surface area contributed by atoms with E-state index < -0.39 is 0 Å². The molecule has 1 saturated heterocycles. The van der Waals surface area contributed by atoms with Gasteiger partial charge in [0.2, 0.25) is 0 Å². The Morgan fingerprint density at radius 1 is 1.40 bits per heavy atom. The van der Waals surface area contributed by atoms with Crippen LogP contribution in [0, 0.1) is 0 Å². The van der Waals surface area contributed by atoms with E-state index in [0.717, 1.165) is 0 Å². The van der Waals surface area contributed by atoms with Crippen molar-refractivity contribution in [2.45, 2.75) is 6.04 Å². The molecular formula is C9H16BrN3O2. The second kappa shape index (κ2) is 4.94. The molecular weight excluding hydrogens is 262 g/mol. The molecule has 1 unspecified atom stereocenters. The van der Waals surface area contributed by atoms with E-state index in [-0.39, 0.29) is 18.0 Å². The van der Waals surface area contributed by atoms with Gasteiger partial charge in [0.15, 0.2) is 0 Å². The number of hydrogen-bond acceptors (Lipinski definition) is 3. The molecule has 0 aromatic heterocycles. The molecule has 1 aliphatic heterocycles. The molecule has 1 fully saturated rings. The first-order chi connectivity index (χ1) is 6.99. The van der Waals surface area contributed by atoms with Gasteiger partial charge < -0.3 is 9.80 Å². The highest BCUT2D eigenvalue weighted by molar-refractivity contribution is 9.09. The number of halogens is 1. The quantitative estimate of drug-likeness (QED) is 0.545. The van der Waals surface area contributed by atoms with Gasteiger partial charge in [-0.25, -0.2) is 4.79 Å². The Kier molecular flexibility index (Phi) is 4.10. The maximum absolute atomic E-state index is 11.8. The molecule has 1 aliphatic rings. The minimum Gasteiger partial charge on any atom is -0.314 e. The van der Waals surface area contributed by atoms with E-state index in [2.05, 4.69) is 15.9 Å². The van der Waals surface area contributed by atoms with Crippen molar-refractivity contribution in [2.75, 3.05) is 39.6 Å². The van der Waals surface area contributed by atoms with Crippen LogP contribution in [0.5, 0.6) is 0 Å². The van der Waals surface area contributed by atoms with Gasteiger partial charge in [0.05, 0.1) is 0 Å². The van der Waals surface area contributed by atoms with Gasteiger partial charge in [0.25, 0.3) is 5.91 Å². The number of carbonyl (C=O) groups is 2. The first kappa shape index (κ1) is 12.4. The first-order valence-electron chi connectivity index (χ1n) is 4.78. The van der Waals surface area contributed by atoms with Crippen molar-refractivity contribution < 1.29 is 9.59 Å². The van der Waals surface area contributed by atoms with Crippen molar-refractivity contribution >= 4 is 27.9 Å². The Labute approximate surface area is 98.1 Å². The Balaban J connectivity index is 2.66. The third-order valence-corrected chi connectivity index (χ3v) is 3.08. The third kappa shape index (κ3) is 2.49. The molecule has 0 aromatic rings. The first-order valence-corrected chi connectivity index (χ1v) is 5.90. The molecule has 0 aromatic carbocycles. The Morgan fingerprint density at radius 3 is 2.40 bits per heavy atom. The summed E-state index contributed by atoms with van der Waals surface area (Å²) in [7, 11) is 5.48. The van der Waals surface area contributed by atoms with E-state index in [4.69, 9.17) is 0 Å². The smallest absolute Gasteiger partial charge is 0.314 e. The number of hydrogen-bond donors (Lipinski definition) is 0. The Morgan fingerprint density at radius 2 is 2.00 bits per heavy atom. The molecule has 0 radical (unpaired) electrons. The van der Waals surface area contributed by atoms with Crippen molar-refractivity contribution in [2.24, 2.45) is 0 Å². The lowest BCUT2D eigenvalue weighted by Crippen LogP contribution is -2.37. The van der Waals surface area contributed by atoms with Crippen LogP contribution in [0.2, 0.25) is 0 Å². The van der Waals surface area contributed by atoms with Crippen LogP contribution in [0.25, 0.3) is 0 Å². The Hall–Kier alpha value is -0.620. The molecule has 0 N–H and O–H groups in total. The molecule has 1 heterocycles. The molecule has 15 heavy (non-hydrogen) atoms. The van der Waals surface area contributed by atoms with Crippen LogP contribution in [0.15, 0.2) is 0 Å². The number of urea groups is 1. The van der Waals surface area contributed by atoms with E-state index in [1.54, 1.807) is 7.05 Å². The van der Waals surface area contributed by atoms with Gasteiger partial charge in [-0.05, 0) is 14.1 Å². The number of alkyl halides is 1. The number of imide groups is 1. The predicted molar refractivity (Wildman–Crippen MR) is 61.0 cm³/mol. The van der Waals surface area contributed by atoms with E-state index in [1.165, 1.54) is 9.80 Å². The number of rotatable bonds is 4. The molecule has 1 rings (SSSR count). The zero-order chi connectivity index (χ0) is 11.6. The molecule has 5 nitrogen and oxygen atoms in total. The number of carbonyl (C=O) groups excluding carboxylic acids is 2. The standard InChI is InChI=1S/C9H16BrN3O2/c1-11(2)4-5-13-8(14)7(6-10)12(3)9(13)15/h7H,4-6H2,1-3H3. The lowest BCUT2D eigenvalue weighted by atomic mass is 10.3. The van der Waals surface area contributed by atoms with Gasteiger partial charge in [-0.15, -0.1) is 0 Å². The molecule has 0 bridgehead atoms. The minimum absolute atomic E-state index is 0.110. The van der Waals surface area contributed by atoms with Crippen LogP contribution in [-0.4, -0.2) is 72.2 Å². The minimum atomic E-state index is -0.348. The van der Waals surface area contributed by atoms with Crippen molar-refractivity contribution in [3.8, 4) is 0 Å². The number of amides is 3. The summed E-state index contributed by atoms with van der Waals surface area (Å²) in [5.41, 5.74) is 0. The highest BCUT2D eigenvalue weighted by Crippen LogP contribution is 2.16. The van der Waals surface area contributed by atoms with Gasteiger partial charge in [-0.1, -0.05) is 15.9 Å². The SMILES string of the molecule is CN(C)CCN1C(=O)C(CBr)N(C)C1=O. The zero-order valence-electron chi connectivity index (χ0n) is 9.23. The van der Waals surface area contributed by atoms with E-state index in [1.807, 2.05) is 19.0 Å². The van der Waals surface area contributed by atoms with Gasteiger partial charge >= 0.3 is 6.03 Å². The zero-order valence-corrected chi connectivity index (χ0v) is 10.8. The average molecular weight is 278 g/mol. The largest absolute Gasteiger partial charge is 0.327 e. The number of nitrogens with zero attached hydrogens (tertiary/aromatic N) is 3. The van der Waals surface area contributed by atoms with E-state index in [9.17, 15) is 9.59 Å². The van der Waals surface area contributed by atoms with Crippen LogP contribution in [0.4, 0.5) is 4.79 Å². The fourth-order valence-electron chi connectivity index (χ4n) is 1.44. The summed E-state index contributed by atoms with van der Waals surface area (Å²) < 4.78 is 0. The summed E-state index contributed by atoms with van der Waals surface area (Å²) in [6.45, 7) is 1.15. The monoisotopic (exact) mass is 277 g/mol. The molecule has 0 saturated carbocycles. The fraction of sp³-hybridized carbons (Fsp3) is 0.778. The highest BCUT2D eigenvalue weighted by atomic mass is 79.9. The summed E-state index contributed by atoms with van der Waals surface area (Å²) >= 11 is 3.24. The molecule has 1 atom stereocenters. The topological polar surface area (TPSA) is 43.9 Å². The predicted octanol–water partition coefficient (Wildman–Crippen LogP) is 0.206. The lowest BCUT2D eigenvalue weighted by molar-refractivity contribution is -0.127. The van der Waals surface area contributed by atoms with Gasteiger partial charge in [-0.2, -0.15) is 0 Å². The van der Waals surface area contributed by atoms with Crippen LogP contribution < -0.4 is 0 Å². The number of likely N-dealkylation sites (N-methyl/N-ethyl adjacent to an activating group) is 2. The molecule has 0 spiro atoms. The maximum atomic E-state index is 11.8. The Bertz CT molecular complexity index is 270. The summed E-state index contributed by atoms with van der Waals surface area (Å²) in [4.78, 5) is 28.2. The van der Waals surface area contributed by atoms with Crippen molar-refractivity contribution in [1.29, 1.82) is 0 Å². The van der Waals surface area contributed by atoms with Crippen molar-refractivity contribution in [3.05, 3.63) is 0 Å². The maximum Gasteiger partial charge on any atom is 0.327 e. The second-order valence-electron chi connectivity index (χ2n) is 3.86.